The van der Waals surface area contributed by atoms with Gasteiger partial charge in [0.15, 0.2) is 16.3 Å². The van der Waals surface area contributed by atoms with Gasteiger partial charge in [-0.25, -0.2) is 0 Å². The van der Waals surface area contributed by atoms with Gasteiger partial charge in [-0.2, -0.15) is 4.99 Å². The van der Waals surface area contributed by atoms with Gasteiger partial charge in [-0.3, -0.25) is 4.79 Å². The number of fused-ring (bicyclic) bond motifs is 1. The predicted molar refractivity (Wildman–Crippen MR) is 95.8 cm³/mol. The molecule has 138 valence electrons. The second kappa shape index (κ2) is 8.15. The highest BCUT2D eigenvalue weighted by molar-refractivity contribution is 7.16. The summed E-state index contributed by atoms with van der Waals surface area (Å²) in [4.78, 5) is 17.0. The van der Waals surface area contributed by atoms with Crippen LogP contribution in [-0.2, 0) is 11.3 Å². The van der Waals surface area contributed by atoms with Crippen LogP contribution in [0.4, 0.5) is 0 Å². The lowest BCUT2D eigenvalue weighted by Gasteiger charge is -2.09. The van der Waals surface area contributed by atoms with Gasteiger partial charge in [0.1, 0.15) is 0 Å². The van der Waals surface area contributed by atoms with Gasteiger partial charge in [0.2, 0.25) is 5.76 Å². The van der Waals surface area contributed by atoms with Crippen LogP contribution in [0.3, 0.4) is 0 Å². The molecule has 0 bridgehead atoms. The van der Waals surface area contributed by atoms with Crippen LogP contribution in [0.25, 0.3) is 10.2 Å². The van der Waals surface area contributed by atoms with Crippen LogP contribution < -0.4 is 14.3 Å². The van der Waals surface area contributed by atoms with Crippen molar-refractivity contribution in [1.82, 2.24) is 9.72 Å². The van der Waals surface area contributed by atoms with Gasteiger partial charge in [0, 0.05) is 31.4 Å². The third-order valence-corrected chi connectivity index (χ3v) is 4.74. The Kier molecular flexibility index (Phi) is 5.69. The molecule has 1 aromatic carbocycles. The number of amides is 1. The van der Waals surface area contributed by atoms with E-state index in [4.69, 9.17) is 18.7 Å². The summed E-state index contributed by atoms with van der Waals surface area (Å²) in [5.74, 6) is 0.828. The highest BCUT2D eigenvalue weighted by Gasteiger charge is 2.15. The highest BCUT2D eigenvalue weighted by atomic mass is 32.1. The molecule has 0 N–H and O–H groups in total. The van der Waals surface area contributed by atoms with E-state index in [9.17, 15) is 4.79 Å². The molecule has 0 fully saturated rings. The van der Waals surface area contributed by atoms with E-state index in [2.05, 4.69) is 10.1 Å². The fourth-order valence-corrected chi connectivity index (χ4v) is 3.53. The molecule has 2 aromatic heterocycles. The monoisotopic (exact) mass is 377 g/mol. The summed E-state index contributed by atoms with van der Waals surface area (Å²) in [6, 6.07) is 5.22. The number of hydrogen-bond acceptors (Lipinski definition) is 7. The number of benzene rings is 1. The first-order valence-electron chi connectivity index (χ1n) is 8.00. The van der Waals surface area contributed by atoms with Gasteiger partial charge in [-0.1, -0.05) is 16.5 Å². The molecule has 0 aliphatic rings. The van der Waals surface area contributed by atoms with Crippen molar-refractivity contribution in [3.05, 3.63) is 35.0 Å². The quantitative estimate of drug-likeness (QED) is 0.588. The normalized spacial score (nSPS) is 11.9. The molecule has 8 nitrogen and oxygen atoms in total. The van der Waals surface area contributed by atoms with Gasteiger partial charge in [-0.05, 0) is 6.92 Å². The molecule has 0 radical (unpaired) electrons. The molecule has 0 unspecified atom stereocenters. The average Bonchev–Trinajstić information content (AvgIpc) is 3.29. The Morgan fingerprint density at radius 1 is 1.31 bits per heavy atom. The molecule has 0 aliphatic carbocycles. The van der Waals surface area contributed by atoms with Crippen molar-refractivity contribution in [2.45, 2.75) is 13.5 Å². The molecular formula is C17H19N3O5S. The van der Waals surface area contributed by atoms with Crippen LogP contribution in [0.5, 0.6) is 11.5 Å². The molecule has 9 heteroatoms. The zero-order valence-corrected chi connectivity index (χ0v) is 15.5. The summed E-state index contributed by atoms with van der Waals surface area (Å²) >= 11 is 1.38. The molecule has 3 rings (SSSR count). The van der Waals surface area contributed by atoms with E-state index >= 15 is 0 Å². The molecule has 2 heterocycles. The summed E-state index contributed by atoms with van der Waals surface area (Å²) in [5.41, 5.74) is 0.886. The first-order chi connectivity index (χ1) is 12.7. The van der Waals surface area contributed by atoms with Crippen molar-refractivity contribution in [1.29, 1.82) is 0 Å². The van der Waals surface area contributed by atoms with Crippen LogP contribution in [0, 0.1) is 0 Å². The SMILES string of the molecule is CCOCCn1c(=NC(=O)c2ccno2)sc2cc(OC)c(OC)cc21. The van der Waals surface area contributed by atoms with Crippen molar-refractivity contribution >= 4 is 27.5 Å². The van der Waals surface area contributed by atoms with Crippen molar-refractivity contribution in [2.75, 3.05) is 27.4 Å². The second-order valence-electron chi connectivity index (χ2n) is 5.20. The number of ether oxygens (including phenoxy) is 3. The third-order valence-electron chi connectivity index (χ3n) is 3.70. The minimum Gasteiger partial charge on any atom is -0.493 e. The maximum absolute atomic E-state index is 12.3. The number of rotatable bonds is 7. The summed E-state index contributed by atoms with van der Waals surface area (Å²) in [6.45, 7) is 3.60. The first-order valence-corrected chi connectivity index (χ1v) is 8.82. The number of nitrogens with zero attached hydrogens (tertiary/aromatic N) is 3. The Hall–Kier alpha value is -2.65. The number of carbonyl (C=O) groups is 1. The van der Waals surface area contributed by atoms with E-state index in [1.807, 2.05) is 23.6 Å². The minimum absolute atomic E-state index is 0.0916. The van der Waals surface area contributed by atoms with Crippen LogP contribution >= 0.6 is 11.3 Å². The summed E-state index contributed by atoms with van der Waals surface area (Å²) in [5, 5.41) is 3.54. The van der Waals surface area contributed by atoms with Crippen LogP contribution in [0.2, 0.25) is 0 Å². The number of aromatic nitrogens is 2. The fraction of sp³-hybridized carbons (Fsp3) is 0.353. The van der Waals surface area contributed by atoms with E-state index in [1.54, 1.807) is 14.2 Å². The van der Waals surface area contributed by atoms with Gasteiger partial charge >= 0.3 is 5.91 Å². The predicted octanol–water partition coefficient (Wildman–Crippen LogP) is 2.49. The van der Waals surface area contributed by atoms with E-state index < -0.39 is 5.91 Å². The van der Waals surface area contributed by atoms with E-state index in [1.165, 1.54) is 23.6 Å². The number of hydrogen-bond donors (Lipinski definition) is 0. The molecule has 3 aromatic rings. The molecule has 0 saturated carbocycles. The first kappa shape index (κ1) is 18.2. The molecule has 0 spiro atoms. The summed E-state index contributed by atoms with van der Waals surface area (Å²) in [6.07, 6.45) is 1.41. The van der Waals surface area contributed by atoms with E-state index in [0.29, 0.717) is 36.1 Å². The van der Waals surface area contributed by atoms with Crippen molar-refractivity contribution in [3.63, 3.8) is 0 Å². The number of methoxy groups -OCH3 is 2. The van der Waals surface area contributed by atoms with Gasteiger partial charge < -0.3 is 23.3 Å². The lowest BCUT2D eigenvalue weighted by molar-refractivity contribution is 0.0961. The smallest absolute Gasteiger partial charge is 0.318 e. The second-order valence-corrected chi connectivity index (χ2v) is 6.21. The Balaban J connectivity index is 2.13. The maximum atomic E-state index is 12.3. The summed E-state index contributed by atoms with van der Waals surface area (Å²) in [7, 11) is 3.17. The van der Waals surface area contributed by atoms with Gasteiger partial charge in [-0.15, -0.1) is 0 Å². The molecule has 0 aliphatic heterocycles. The Morgan fingerprint density at radius 3 is 2.73 bits per heavy atom. The molecule has 0 atom stereocenters. The number of carbonyl (C=O) groups excluding carboxylic acids is 1. The average molecular weight is 377 g/mol. The lowest BCUT2D eigenvalue weighted by atomic mass is 10.3. The Morgan fingerprint density at radius 2 is 2.08 bits per heavy atom. The molecular weight excluding hydrogens is 358 g/mol. The van der Waals surface area contributed by atoms with E-state index in [-0.39, 0.29) is 5.76 Å². The minimum atomic E-state index is -0.488. The summed E-state index contributed by atoms with van der Waals surface area (Å²) < 4.78 is 23.9. The topological polar surface area (TPSA) is 88.1 Å². The van der Waals surface area contributed by atoms with Crippen molar-refractivity contribution in [3.8, 4) is 11.5 Å². The van der Waals surface area contributed by atoms with Crippen molar-refractivity contribution < 1.29 is 23.5 Å². The third kappa shape index (κ3) is 3.63. The maximum Gasteiger partial charge on any atom is 0.318 e. The zero-order chi connectivity index (χ0) is 18.5. The molecule has 1 amide bonds. The lowest BCUT2D eigenvalue weighted by Crippen LogP contribution is -2.19. The van der Waals surface area contributed by atoms with Crippen molar-refractivity contribution in [2.24, 2.45) is 4.99 Å². The molecule has 26 heavy (non-hydrogen) atoms. The molecule has 0 saturated heterocycles. The highest BCUT2D eigenvalue weighted by Crippen LogP contribution is 2.33. The Labute approximate surface area is 153 Å². The fourth-order valence-electron chi connectivity index (χ4n) is 2.47. The van der Waals surface area contributed by atoms with Crippen LogP contribution in [-0.4, -0.2) is 43.1 Å². The van der Waals surface area contributed by atoms with Gasteiger partial charge in [0.05, 0.1) is 37.2 Å². The van der Waals surface area contributed by atoms with Gasteiger partial charge in [0.25, 0.3) is 0 Å². The number of thiazole rings is 1. The Bertz CT molecular complexity index is 959. The van der Waals surface area contributed by atoms with Crippen LogP contribution in [0.15, 0.2) is 33.9 Å². The largest absolute Gasteiger partial charge is 0.493 e. The van der Waals surface area contributed by atoms with E-state index in [0.717, 1.165) is 10.2 Å². The zero-order valence-electron chi connectivity index (χ0n) is 14.7. The standard InChI is InChI=1S/C17H19N3O5S/c1-4-24-8-7-20-11-9-13(22-2)14(23-3)10-15(11)26-17(20)19-16(21)12-5-6-18-25-12/h5-6,9-10H,4,7-8H2,1-3H3. The van der Waals surface area contributed by atoms with Crippen LogP contribution in [0.1, 0.15) is 17.5 Å².